The molecule has 0 spiro atoms. The van der Waals surface area contributed by atoms with Crippen molar-refractivity contribution in [2.45, 2.75) is 31.8 Å². The van der Waals surface area contributed by atoms with Gasteiger partial charge in [0.25, 0.3) is 0 Å². The highest BCUT2D eigenvalue weighted by Gasteiger charge is 2.25. The Kier molecular flexibility index (Phi) is 3.34. The van der Waals surface area contributed by atoms with Crippen LogP contribution in [0.3, 0.4) is 0 Å². The van der Waals surface area contributed by atoms with Crippen LogP contribution in [0.2, 0.25) is 0 Å². The monoisotopic (exact) mass is 221 g/mol. The fourth-order valence-electron chi connectivity index (χ4n) is 2.48. The van der Waals surface area contributed by atoms with E-state index in [1.165, 1.54) is 12.8 Å². The van der Waals surface area contributed by atoms with E-state index in [-0.39, 0.29) is 0 Å². The van der Waals surface area contributed by atoms with Gasteiger partial charge in [-0.15, -0.1) is 0 Å². The SMILES string of the molecule is COc1ccc(C(O)C2CCCC2)c(N)c1. The number of hydrogen-bond donors (Lipinski definition) is 2. The van der Waals surface area contributed by atoms with E-state index in [2.05, 4.69) is 0 Å². The summed E-state index contributed by atoms with van der Waals surface area (Å²) >= 11 is 0. The molecule has 3 N–H and O–H groups in total. The van der Waals surface area contributed by atoms with Gasteiger partial charge in [-0.1, -0.05) is 18.9 Å². The Bertz CT molecular complexity index is 359. The zero-order valence-electron chi connectivity index (χ0n) is 9.65. The van der Waals surface area contributed by atoms with Crippen molar-refractivity contribution >= 4 is 5.69 Å². The van der Waals surface area contributed by atoms with E-state index < -0.39 is 6.10 Å². The standard InChI is InChI=1S/C13H19NO2/c1-16-10-6-7-11(12(14)8-10)13(15)9-4-2-3-5-9/h6-9,13,15H,2-5,14H2,1H3. The minimum Gasteiger partial charge on any atom is -0.497 e. The largest absolute Gasteiger partial charge is 0.497 e. The van der Waals surface area contributed by atoms with Gasteiger partial charge in [0.2, 0.25) is 0 Å². The highest BCUT2D eigenvalue weighted by Crippen LogP contribution is 2.38. The third-order valence-corrected chi connectivity index (χ3v) is 3.46. The van der Waals surface area contributed by atoms with Gasteiger partial charge in [0.1, 0.15) is 5.75 Å². The predicted octanol–water partition coefficient (Wildman–Crippen LogP) is 2.50. The molecule has 0 aliphatic heterocycles. The Morgan fingerprint density at radius 1 is 1.38 bits per heavy atom. The van der Waals surface area contributed by atoms with E-state index in [1.54, 1.807) is 13.2 Å². The summed E-state index contributed by atoms with van der Waals surface area (Å²) in [5.41, 5.74) is 7.39. The first-order valence-corrected chi connectivity index (χ1v) is 5.84. The van der Waals surface area contributed by atoms with Crippen molar-refractivity contribution in [2.24, 2.45) is 5.92 Å². The van der Waals surface area contributed by atoms with Crippen molar-refractivity contribution in [3.05, 3.63) is 23.8 Å². The molecule has 1 saturated carbocycles. The highest BCUT2D eigenvalue weighted by atomic mass is 16.5. The van der Waals surface area contributed by atoms with Gasteiger partial charge >= 0.3 is 0 Å². The molecular weight excluding hydrogens is 202 g/mol. The lowest BCUT2D eigenvalue weighted by molar-refractivity contribution is 0.112. The number of nitrogens with two attached hydrogens (primary N) is 1. The van der Waals surface area contributed by atoms with Gasteiger partial charge in [-0.05, 0) is 24.8 Å². The molecule has 3 nitrogen and oxygen atoms in total. The maximum Gasteiger partial charge on any atom is 0.120 e. The lowest BCUT2D eigenvalue weighted by atomic mass is 9.93. The molecule has 0 amide bonds. The molecule has 0 radical (unpaired) electrons. The molecule has 1 aromatic carbocycles. The number of hydrogen-bond acceptors (Lipinski definition) is 3. The van der Waals surface area contributed by atoms with Crippen LogP contribution in [-0.2, 0) is 0 Å². The lowest BCUT2D eigenvalue weighted by Crippen LogP contribution is -2.11. The molecule has 1 aliphatic rings. The third kappa shape index (κ3) is 2.14. The van der Waals surface area contributed by atoms with Crippen LogP contribution in [0, 0.1) is 5.92 Å². The molecule has 88 valence electrons. The van der Waals surface area contributed by atoms with Crippen LogP contribution < -0.4 is 10.5 Å². The molecule has 1 atom stereocenters. The highest BCUT2D eigenvalue weighted by molar-refractivity contribution is 5.52. The summed E-state index contributed by atoms with van der Waals surface area (Å²) in [5, 5.41) is 10.2. The normalized spacial score (nSPS) is 18.6. The van der Waals surface area contributed by atoms with Gasteiger partial charge in [0, 0.05) is 17.3 Å². The first-order chi connectivity index (χ1) is 7.72. The Morgan fingerprint density at radius 2 is 2.06 bits per heavy atom. The molecule has 1 aliphatic carbocycles. The Hall–Kier alpha value is -1.22. The zero-order chi connectivity index (χ0) is 11.5. The second-order valence-corrected chi connectivity index (χ2v) is 4.48. The topological polar surface area (TPSA) is 55.5 Å². The van der Waals surface area contributed by atoms with Crippen molar-refractivity contribution in [3.8, 4) is 5.75 Å². The number of ether oxygens (including phenoxy) is 1. The van der Waals surface area contributed by atoms with E-state index >= 15 is 0 Å². The van der Waals surface area contributed by atoms with Crippen LogP contribution in [0.1, 0.15) is 37.4 Å². The van der Waals surface area contributed by atoms with Crippen LogP contribution in [0.4, 0.5) is 5.69 Å². The van der Waals surface area contributed by atoms with Gasteiger partial charge in [0.15, 0.2) is 0 Å². The molecule has 1 aromatic rings. The van der Waals surface area contributed by atoms with Crippen LogP contribution >= 0.6 is 0 Å². The van der Waals surface area contributed by atoms with E-state index in [0.717, 1.165) is 24.2 Å². The van der Waals surface area contributed by atoms with Crippen molar-refractivity contribution in [3.63, 3.8) is 0 Å². The number of nitrogen functional groups attached to an aromatic ring is 1. The smallest absolute Gasteiger partial charge is 0.120 e. The van der Waals surface area contributed by atoms with Crippen LogP contribution in [0.5, 0.6) is 5.75 Å². The quantitative estimate of drug-likeness (QED) is 0.771. The van der Waals surface area contributed by atoms with Crippen molar-refractivity contribution in [1.82, 2.24) is 0 Å². The molecule has 0 saturated heterocycles. The molecule has 1 fully saturated rings. The number of benzene rings is 1. The maximum atomic E-state index is 10.2. The van der Waals surface area contributed by atoms with E-state index in [1.807, 2.05) is 12.1 Å². The van der Waals surface area contributed by atoms with Crippen molar-refractivity contribution in [2.75, 3.05) is 12.8 Å². The number of aliphatic hydroxyl groups is 1. The number of rotatable bonds is 3. The summed E-state index contributed by atoms with van der Waals surface area (Å²) in [6.07, 6.45) is 4.22. The van der Waals surface area contributed by atoms with E-state index in [9.17, 15) is 5.11 Å². The summed E-state index contributed by atoms with van der Waals surface area (Å²) in [7, 11) is 1.61. The fraction of sp³-hybridized carbons (Fsp3) is 0.538. The lowest BCUT2D eigenvalue weighted by Gasteiger charge is -2.20. The average molecular weight is 221 g/mol. The van der Waals surface area contributed by atoms with Crippen LogP contribution in [0.15, 0.2) is 18.2 Å². The molecular formula is C13H19NO2. The summed E-state index contributed by atoms with van der Waals surface area (Å²) < 4.78 is 5.09. The Balaban J connectivity index is 2.19. The molecule has 0 aromatic heterocycles. The minimum absolute atomic E-state index is 0.371. The van der Waals surface area contributed by atoms with E-state index in [4.69, 9.17) is 10.5 Å². The van der Waals surface area contributed by atoms with Gasteiger partial charge in [-0.2, -0.15) is 0 Å². The second kappa shape index (κ2) is 4.74. The maximum absolute atomic E-state index is 10.2. The summed E-state index contributed by atoms with van der Waals surface area (Å²) in [6, 6.07) is 5.49. The molecule has 2 rings (SSSR count). The van der Waals surface area contributed by atoms with Gasteiger partial charge < -0.3 is 15.6 Å². The number of aliphatic hydroxyl groups excluding tert-OH is 1. The molecule has 1 unspecified atom stereocenters. The fourth-order valence-corrected chi connectivity index (χ4v) is 2.48. The van der Waals surface area contributed by atoms with Crippen LogP contribution in [-0.4, -0.2) is 12.2 Å². The first-order valence-electron chi connectivity index (χ1n) is 5.84. The third-order valence-electron chi connectivity index (χ3n) is 3.46. The molecule has 16 heavy (non-hydrogen) atoms. The van der Waals surface area contributed by atoms with Gasteiger partial charge in [-0.25, -0.2) is 0 Å². The predicted molar refractivity (Wildman–Crippen MR) is 64.3 cm³/mol. The van der Waals surface area contributed by atoms with E-state index in [0.29, 0.717) is 11.6 Å². The first kappa shape index (κ1) is 11.3. The number of anilines is 1. The minimum atomic E-state index is -0.423. The molecule has 3 heteroatoms. The van der Waals surface area contributed by atoms with Crippen molar-refractivity contribution in [1.29, 1.82) is 0 Å². The van der Waals surface area contributed by atoms with Gasteiger partial charge in [-0.3, -0.25) is 0 Å². The summed E-state index contributed by atoms with van der Waals surface area (Å²) in [6.45, 7) is 0. The molecule has 0 heterocycles. The summed E-state index contributed by atoms with van der Waals surface area (Å²) in [4.78, 5) is 0. The second-order valence-electron chi connectivity index (χ2n) is 4.48. The average Bonchev–Trinajstić information content (AvgIpc) is 2.81. The molecule has 0 bridgehead atoms. The van der Waals surface area contributed by atoms with Gasteiger partial charge in [0.05, 0.1) is 13.2 Å². The number of methoxy groups -OCH3 is 1. The van der Waals surface area contributed by atoms with Crippen LogP contribution in [0.25, 0.3) is 0 Å². The summed E-state index contributed by atoms with van der Waals surface area (Å²) in [5.74, 6) is 1.11. The van der Waals surface area contributed by atoms with Crippen molar-refractivity contribution < 1.29 is 9.84 Å². The zero-order valence-corrected chi connectivity index (χ0v) is 9.65. The Labute approximate surface area is 96.2 Å². The Morgan fingerprint density at radius 3 is 2.62 bits per heavy atom.